The number of pyridine rings is 3. The van der Waals surface area contributed by atoms with E-state index in [4.69, 9.17) is 9.72 Å². The van der Waals surface area contributed by atoms with Crippen molar-refractivity contribution in [1.29, 1.82) is 5.26 Å². The molecule has 0 saturated carbocycles. The van der Waals surface area contributed by atoms with Gasteiger partial charge in [-0.2, -0.15) is 5.26 Å². The first-order valence-corrected chi connectivity index (χ1v) is 8.76. The van der Waals surface area contributed by atoms with E-state index in [1.807, 2.05) is 36.4 Å². The third kappa shape index (κ3) is 3.27. The average molecular weight is 342 g/mol. The Bertz CT molecular complexity index is 963. The molecular formula is C21H18N4O. The molecule has 1 aliphatic carbocycles. The van der Waals surface area contributed by atoms with Gasteiger partial charge in [0.1, 0.15) is 18.4 Å². The van der Waals surface area contributed by atoms with Crippen LogP contribution in [0.1, 0.15) is 35.5 Å². The summed E-state index contributed by atoms with van der Waals surface area (Å²) in [5, 5.41) is 9.44. The molecule has 3 aromatic heterocycles. The lowest BCUT2D eigenvalue weighted by atomic mass is 9.89. The van der Waals surface area contributed by atoms with Crippen molar-refractivity contribution in [1.82, 2.24) is 15.0 Å². The minimum absolute atomic E-state index is 0.365. The normalized spacial score (nSPS) is 12.9. The predicted molar refractivity (Wildman–Crippen MR) is 97.4 cm³/mol. The monoisotopic (exact) mass is 342 g/mol. The van der Waals surface area contributed by atoms with Gasteiger partial charge in [0.25, 0.3) is 0 Å². The van der Waals surface area contributed by atoms with E-state index in [1.54, 1.807) is 12.4 Å². The molecule has 0 unspecified atom stereocenters. The lowest BCUT2D eigenvalue weighted by Gasteiger charge is -2.20. The molecule has 3 heterocycles. The van der Waals surface area contributed by atoms with Crippen molar-refractivity contribution in [3.63, 3.8) is 0 Å². The molecule has 0 saturated heterocycles. The van der Waals surface area contributed by atoms with Gasteiger partial charge in [-0.25, -0.2) is 9.97 Å². The summed E-state index contributed by atoms with van der Waals surface area (Å²) in [6.45, 7) is 0.365. The van der Waals surface area contributed by atoms with Crippen molar-refractivity contribution in [2.24, 2.45) is 0 Å². The standard InChI is InChI=1S/C21H18N4O/c22-13-20-17(8-5-11-24-20)18-12-21(25-19-9-2-1-7-16(18)19)26-14-15-6-3-4-10-23-15/h3-6,8,10-12H,1-2,7,9,14H2. The number of nitriles is 1. The first-order valence-electron chi connectivity index (χ1n) is 8.76. The highest BCUT2D eigenvalue weighted by atomic mass is 16.5. The number of aryl methyl sites for hydroxylation is 1. The third-order valence-corrected chi connectivity index (χ3v) is 4.57. The van der Waals surface area contributed by atoms with Crippen LogP contribution >= 0.6 is 0 Å². The Morgan fingerprint density at radius 3 is 2.73 bits per heavy atom. The highest BCUT2D eigenvalue weighted by Gasteiger charge is 2.20. The molecule has 1 aliphatic rings. The molecule has 5 heteroatoms. The number of ether oxygens (including phenoxy) is 1. The van der Waals surface area contributed by atoms with Crippen molar-refractivity contribution in [3.8, 4) is 23.1 Å². The second-order valence-electron chi connectivity index (χ2n) is 6.26. The van der Waals surface area contributed by atoms with Crippen molar-refractivity contribution < 1.29 is 4.74 Å². The minimum atomic E-state index is 0.365. The van der Waals surface area contributed by atoms with Gasteiger partial charge in [0.2, 0.25) is 5.88 Å². The van der Waals surface area contributed by atoms with E-state index < -0.39 is 0 Å². The number of hydrogen-bond acceptors (Lipinski definition) is 5. The highest BCUT2D eigenvalue weighted by Crippen LogP contribution is 2.34. The number of fused-ring (bicyclic) bond motifs is 1. The van der Waals surface area contributed by atoms with E-state index >= 15 is 0 Å². The number of rotatable bonds is 4. The first-order chi connectivity index (χ1) is 12.8. The molecule has 0 aromatic carbocycles. The number of aromatic nitrogens is 3. The largest absolute Gasteiger partial charge is 0.471 e. The fourth-order valence-corrected chi connectivity index (χ4v) is 3.34. The van der Waals surface area contributed by atoms with Crippen molar-refractivity contribution in [3.05, 3.63) is 71.4 Å². The van der Waals surface area contributed by atoms with Gasteiger partial charge in [-0.3, -0.25) is 4.98 Å². The molecule has 4 rings (SSSR count). The summed E-state index contributed by atoms with van der Waals surface area (Å²) in [6, 6.07) is 13.7. The Labute approximate surface area is 152 Å². The van der Waals surface area contributed by atoms with Crippen LogP contribution in [0.15, 0.2) is 48.8 Å². The van der Waals surface area contributed by atoms with E-state index in [-0.39, 0.29) is 0 Å². The summed E-state index contributed by atoms with van der Waals surface area (Å²) >= 11 is 0. The Kier molecular flexibility index (Phi) is 4.57. The molecule has 128 valence electrons. The van der Waals surface area contributed by atoms with Gasteiger partial charge in [0.15, 0.2) is 0 Å². The van der Waals surface area contributed by atoms with E-state index in [1.165, 1.54) is 5.56 Å². The van der Waals surface area contributed by atoms with E-state index in [0.29, 0.717) is 18.2 Å². The molecule has 0 radical (unpaired) electrons. The van der Waals surface area contributed by atoms with Crippen molar-refractivity contribution in [2.45, 2.75) is 32.3 Å². The van der Waals surface area contributed by atoms with Crippen LogP contribution in [0, 0.1) is 11.3 Å². The minimum Gasteiger partial charge on any atom is -0.471 e. The summed E-state index contributed by atoms with van der Waals surface area (Å²) in [6.07, 6.45) is 7.57. The van der Waals surface area contributed by atoms with Crippen molar-refractivity contribution in [2.75, 3.05) is 0 Å². The molecule has 0 fully saturated rings. The summed E-state index contributed by atoms with van der Waals surface area (Å²) in [7, 11) is 0. The maximum absolute atomic E-state index is 9.44. The smallest absolute Gasteiger partial charge is 0.214 e. The second kappa shape index (κ2) is 7.32. The van der Waals surface area contributed by atoms with E-state index in [9.17, 15) is 5.26 Å². The van der Waals surface area contributed by atoms with Crippen LogP contribution in [0.2, 0.25) is 0 Å². The first kappa shape index (κ1) is 16.2. The van der Waals surface area contributed by atoms with Crippen LogP contribution in [-0.2, 0) is 19.4 Å². The molecule has 0 bridgehead atoms. The van der Waals surface area contributed by atoms with Gasteiger partial charge in [-0.15, -0.1) is 0 Å². The van der Waals surface area contributed by atoms with Gasteiger partial charge in [0, 0.05) is 29.7 Å². The van der Waals surface area contributed by atoms with Gasteiger partial charge >= 0.3 is 0 Å². The van der Waals surface area contributed by atoms with E-state index in [2.05, 4.69) is 16.0 Å². The topological polar surface area (TPSA) is 71.7 Å². The summed E-state index contributed by atoms with van der Waals surface area (Å²) in [4.78, 5) is 13.2. The lowest BCUT2D eigenvalue weighted by molar-refractivity contribution is 0.288. The van der Waals surface area contributed by atoms with Crippen LogP contribution in [0.4, 0.5) is 0 Å². The van der Waals surface area contributed by atoms with Gasteiger partial charge in [-0.05, 0) is 61.1 Å². The maximum atomic E-state index is 9.44. The lowest BCUT2D eigenvalue weighted by Crippen LogP contribution is -2.10. The second-order valence-corrected chi connectivity index (χ2v) is 6.26. The zero-order valence-electron chi connectivity index (χ0n) is 14.4. The van der Waals surface area contributed by atoms with E-state index in [0.717, 1.165) is 48.2 Å². The molecule has 0 atom stereocenters. The molecule has 0 spiro atoms. The van der Waals surface area contributed by atoms with Gasteiger partial charge in [0.05, 0.1) is 5.69 Å². The SMILES string of the molecule is N#Cc1ncccc1-c1cc(OCc2ccccn2)nc2c1CCCC2. The molecular weight excluding hydrogens is 324 g/mol. The Balaban J connectivity index is 1.74. The fourth-order valence-electron chi connectivity index (χ4n) is 3.34. The zero-order valence-corrected chi connectivity index (χ0v) is 14.4. The molecule has 0 N–H and O–H groups in total. The molecule has 26 heavy (non-hydrogen) atoms. The molecule has 3 aromatic rings. The maximum Gasteiger partial charge on any atom is 0.214 e. The fraction of sp³-hybridized carbons (Fsp3) is 0.238. The van der Waals surface area contributed by atoms with Crippen LogP contribution in [-0.4, -0.2) is 15.0 Å². The number of nitrogens with zero attached hydrogens (tertiary/aromatic N) is 4. The average Bonchev–Trinajstić information content (AvgIpc) is 2.72. The summed E-state index contributed by atoms with van der Waals surface area (Å²) < 4.78 is 5.92. The molecule has 0 aliphatic heterocycles. The Morgan fingerprint density at radius 1 is 1.00 bits per heavy atom. The van der Waals surface area contributed by atoms with Crippen LogP contribution in [0.5, 0.6) is 5.88 Å². The number of hydrogen-bond donors (Lipinski definition) is 0. The molecule has 0 amide bonds. The predicted octanol–water partition coefficient (Wildman–Crippen LogP) is 3.87. The summed E-state index contributed by atoms with van der Waals surface area (Å²) in [5.74, 6) is 0.569. The quantitative estimate of drug-likeness (QED) is 0.720. The Morgan fingerprint density at radius 2 is 1.88 bits per heavy atom. The Hall–Kier alpha value is -3.26. The van der Waals surface area contributed by atoms with Gasteiger partial charge < -0.3 is 4.74 Å². The molecule has 5 nitrogen and oxygen atoms in total. The highest BCUT2D eigenvalue weighted by molar-refractivity contribution is 5.73. The van der Waals surface area contributed by atoms with Crippen molar-refractivity contribution >= 4 is 0 Å². The van der Waals surface area contributed by atoms with Crippen LogP contribution in [0.25, 0.3) is 11.1 Å². The van der Waals surface area contributed by atoms with Crippen LogP contribution < -0.4 is 4.74 Å². The third-order valence-electron chi connectivity index (χ3n) is 4.57. The zero-order chi connectivity index (χ0) is 17.8. The van der Waals surface area contributed by atoms with Crippen LogP contribution in [0.3, 0.4) is 0 Å². The van der Waals surface area contributed by atoms with Gasteiger partial charge in [-0.1, -0.05) is 6.07 Å². The summed E-state index contributed by atoms with van der Waals surface area (Å²) in [5.41, 5.74) is 5.42.